The van der Waals surface area contributed by atoms with Gasteiger partial charge in [-0.1, -0.05) is 0 Å². The first-order valence-corrected chi connectivity index (χ1v) is 9.22. The summed E-state index contributed by atoms with van der Waals surface area (Å²) in [6, 6.07) is 7.26. The molecule has 1 aromatic heterocycles. The molecule has 0 saturated carbocycles. The van der Waals surface area contributed by atoms with Crippen LogP contribution in [0.2, 0.25) is 0 Å². The molecule has 0 spiro atoms. The Morgan fingerprint density at radius 1 is 1.53 bits per heavy atom. The summed E-state index contributed by atoms with van der Waals surface area (Å²) in [7, 11) is -2.52. The Kier molecular flexibility index (Phi) is 3.93. The zero-order valence-corrected chi connectivity index (χ0v) is 15.7. The van der Waals surface area contributed by atoms with Crippen LogP contribution >= 0.6 is 15.9 Å². The van der Waals surface area contributed by atoms with Crippen molar-refractivity contribution in [3.05, 3.63) is 28.7 Å². The molecule has 0 N–H and O–H groups in total. The van der Waals surface area contributed by atoms with Gasteiger partial charge in [0.05, 0.1) is 0 Å². The molecule has 2 rings (SSSR count). The van der Waals surface area contributed by atoms with Crippen LogP contribution in [-0.4, -0.2) is 54.5 Å². The summed E-state index contributed by atoms with van der Waals surface area (Å²) in [5.74, 6) is 0.322. The van der Waals surface area contributed by atoms with Crippen molar-refractivity contribution in [3.63, 3.8) is 0 Å². The number of benzene rings is 1. The van der Waals surface area contributed by atoms with Crippen LogP contribution < -0.4 is 0 Å². The fraction of sp³-hybridized carbons (Fsp3) is 0.125. The van der Waals surface area contributed by atoms with E-state index < -0.39 is 9.73 Å². The molecule has 0 radical (unpaired) electrons. The van der Waals surface area contributed by atoms with Crippen LogP contribution in [0.25, 0.3) is 0 Å². The standard InChI is InChI=1S/C8H7BrN5OS.Tl/c1-16(15,12-8-10-13-14-11-8)7-4-2-3-6(9)5-7;/h2-5H,1H3;/q-1;+1. The third-order valence-electron chi connectivity index (χ3n) is 1.96. The summed E-state index contributed by atoms with van der Waals surface area (Å²) >= 11 is 3.74. The van der Waals surface area contributed by atoms with Crippen molar-refractivity contribution >= 4 is 57.7 Å². The summed E-state index contributed by atoms with van der Waals surface area (Å²) in [5, 5.41) is 10.9. The van der Waals surface area contributed by atoms with Crippen LogP contribution in [0.5, 0.6) is 0 Å². The predicted octanol–water partition coefficient (Wildman–Crippen LogP) is 1.16. The molecule has 17 heavy (non-hydrogen) atoms. The number of tetrazole rings is 1. The maximum atomic E-state index is 12.5. The minimum absolute atomic E-state index is 0.322. The van der Waals surface area contributed by atoms with Crippen molar-refractivity contribution in [2.45, 2.75) is 4.90 Å². The zero-order valence-electron chi connectivity index (χ0n) is 8.82. The van der Waals surface area contributed by atoms with Gasteiger partial charge in [-0.15, -0.1) is 0 Å². The molecule has 86 valence electrons. The fourth-order valence-corrected chi connectivity index (χ4v) is 3.85. The Labute approximate surface area is 123 Å². The monoisotopic (exact) mass is 505 g/mol. The van der Waals surface area contributed by atoms with Crippen LogP contribution in [0.3, 0.4) is 0 Å². The number of hydrogen-bond donors (Lipinski definition) is 0. The van der Waals surface area contributed by atoms with Crippen molar-refractivity contribution in [3.8, 4) is 0 Å². The maximum absolute atomic E-state index is 12.5. The molecule has 1 atom stereocenters. The molecule has 0 aliphatic carbocycles. The third kappa shape index (κ3) is 3.10. The third-order valence-corrected chi connectivity index (χ3v) is 5.40. The molecule has 9 heteroatoms. The molecule has 0 saturated heterocycles. The van der Waals surface area contributed by atoms with E-state index in [-0.39, 0.29) is 0 Å². The van der Waals surface area contributed by atoms with Gasteiger partial charge in [0.1, 0.15) is 0 Å². The number of aromatic nitrogens is 4. The summed E-state index contributed by atoms with van der Waals surface area (Å²) in [4.78, 5) is 0.653. The van der Waals surface area contributed by atoms with E-state index in [1.54, 1.807) is 20.9 Å². The summed E-state index contributed by atoms with van der Waals surface area (Å²) in [5.41, 5.74) is 0. The number of halogens is 1. The molecule has 1 aromatic carbocycles. The molecule has 1 heterocycles. The van der Waals surface area contributed by atoms with Crippen LogP contribution in [-0.2, 0) is 9.73 Å². The molecule has 1 unspecified atom stereocenters. The molecule has 2 aromatic rings. The van der Waals surface area contributed by atoms with E-state index in [1.807, 2.05) is 12.1 Å². The minimum atomic E-state index is -2.52. The molecule has 0 bridgehead atoms. The second-order valence-corrected chi connectivity index (χ2v) is 8.35. The van der Waals surface area contributed by atoms with E-state index in [2.05, 4.69) is 35.8 Å². The number of hydrogen-bond acceptors (Lipinski definition) is 5. The molecule has 0 fully saturated rings. The van der Waals surface area contributed by atoms with E-state index in [4.69, 9.17) is 0 Å². The normalized spacial score (nSPS) is 14.2. The Hall–Kier alpha value is -0.358. The zero-order chi connectivity index (χ0) is 12.5. The Morgan fingerprint density at radius 2 is 2.29 bits per heavy atom. The molecular weight excluding hydrogens is 498 g/mol. The second-order valence-electron chi connectivity index (χ2n) is 3.27. The Morgan fingerprint density at radius 3 is 2.88 bits per heavy atom. The van der Waals surface area contributed by atoms with Gasteiger partial charge in [0.2, 0.25) is 0 Å². The van der Waals surface area contributed by atoms with Crippen molar-refractivity contribution < 1.29 is 4.21 Å². The van der Waals surface area contributed by atoms with Gasteiger partial charge in [0, 0.05) is 0 Å². The van der Waals surface area contributed by atoms with E-state index in [1.165, 1.54) is 0 Å². The van der Waals surface area contributed by atoms with E-state index in [9.17, 15) is 4.21 Å². The van der Waals surface area contributed by atoms with Gasteiger partial charge in [-0.05, 0) is 0 Å². The summed E-state index contributed by atoms with van der Waals surface area (Å²) in [6.07, 6.45) is 1.58. The second kappa shape index (κ2) is 5.10. The average molecular weight is 506 g/mol. The molecule has 0 aliphatic rings. The van der Waals surface area contributed by atoms with Crippen LogP contribution in [0.1, 0.15) is 0 Å². The summed E-state index contributed by atoms with van der Waals surface area (Å²) < 4.78 is 19.0. The summed E-state index contributed by atoms with van der Waals surface area (Å²) in [6.45, 7) is 0. The van der Waals surface area contributed by atoms with E-state index >= 15 is 0 Å². The number of rotatable bonds is 2. The molecule has 6 nitrogen and oxygen atoms in total. The van der Waals surface area contributed by atoms with Crippen LogP contribution in [0.4, 0.5) is 5.95 Å². The van der Waals surface area contributed by atoms with Gasteiger partial charge in [-0.2, -0.15) is 0 Å². The SMILES string of the molecule is CS(=O)(=Nc1nnn[n]1[Tl])c1cccc(Br)c1. The van der Waals surface area contributed by atoms with Crippen LogP contribution in [0, 0.1) is 0 Å². The average Bonchev–Trinajstić information content (AvgIpc) is 2.64. The molecule has 0 aliphatic heterocycles. The van der Waals surface area contributed by atoms with Gasteiger partial charge in [0.15, 0.2) is 0 Å². The fourth-order valence-electron chi connectivity index (χ4n) is 1.16. The van der Waals surface area contributed by atoms with Gasteiger partial charge in [-0.25, -0.2) is 0 Å². The first kappa shape index (κ1) is 13.1. The quantitative estimate of drug-likeness (QED) is 0.575. The first-order valence-electron chi connectivity index (χ1n) is 4.50. The molecule has 0 amide bonds. The van der Waals surface area contributed by atoms with Crippen molar-refractivity contribution in [2.75, 3.05) is 6.26 Å². The van der Waals surface area contributed by atoms with Gasteiger partial charge >= 0.3 is 124 Å². The topological polar surface area (TPSA) is 73.0 Å². The van der Waals surface area contributed by atoms with Crippen molar-refractivity contribution in [1.82, 2.24) is 18.0 Å². The van der Waals surface area contributed by atoms with Crippen molar-refractivity contribution in [2.24, 2.45) is 4.36 Å². The van der Waals surface area contributed by atoms with Gasteiger partial charge < -0.3 is 0 Å². The molecular formula is C8H7BrN5OSTl. The number of nitrogens with zero attached hydrogens (tertiary/aromatic N) is 5. The Bertz CT molecular complexity index is 663. The predicted molar refractivity (Wildman–Crippen MR) is 67.5 cm³/mol. The van der Waals surface area contributed by atoms with E-state index in [0.29, 0.717) is 36.9 Å². The first-order chi connectivity index (χ1) is 7.99. The van der Waals surface area contributed by atoms with Gasteiger partial charge in [-0.3, -0.25) is 0 Å². The van der Waals surface area contributed by atoms with Gasteiger partial charge in [0.25, 0.3) is 0 Å². The Balaban J connectivity index is 2.54. The van der Waals surface area contributed by atoms with Crippen LogP contribution in [0.15, 0.2) is 38.0 Å². The van der Waals surface area contributed by atoms with E-state index in [0.717, 1.165) is 4.47 Å². The van der Waals surface area contributed by atoms with Crippen molar-refractivity contribution in [1.29, 1.82) is 0 Å².